The molecule has 2 fully saturated rings. The van der Waals surface area contributed by atoms with Crippen molar-refractivity contribution in [3.05, 3.63) is 0 Å². The molecule has 2 atom stereocenters. The van der Waals surface area contributed by atoms with Crippen LogP contribution in [0.5, 0.6) is 0 Å². The summed E-state index contributed by atoms with van der Waals surface area (Å²) in [6.07, 6.45) is 6.70. The number of hydrogen-bond acceptors (Lipinski definition) is 3. The molecular weight excluding hydrogens is 222 g/mol. The second-order valence-electron chi connectivity index (χ2n) is 6.59. The summed E-state index contributed by atoms with van der Waals surface area (Å²) in [6, 6.07) is 0.748. The third-order valence-electron chi connectivity index (χ3n) is 4.75. The molecule has 0 bridgehead atoms. The van der Waals surface area contributed by atoms with E-state index in [2.05, 4.69) is 36.0 Å². The Hall–Kier alpha value is -0.120. The lowest BCUT2D eigenvalue weighted by Crippen LogP contribution is -2.56. The fourth-order valence-electron chi connectivity index (χ4n) is 3.59. The van der Waals surface area contributed by atoms with Crippen LogP contribution in [0.25, 0.3) is 0 Å². The van der Waals surface area contributed by atoms with Crippen molar-refractivity contribution in [3.8, 4) is 0 Å². The van der Waals surface area contributed by atoms with Gasteiger partial charge in [0, 0.05) is 24.7 Å². The Kier molecular flexibility index (Phi) is 5.05. The second kappa shape index (κ2) is 6.36. The second-order valence-corrected chi connectivity index (χ2v) is 6.59. The van der Waals surface area contributed by atoms with Gasteiger partial charge in [-0.2, -0.15) is 0 Å². The molecule has 3 heteroatoms. The lowest BCUT2D eigenvalue weighted by atomic mass is 9.89. The smallest absolute Gasteiger partial charge is 0.0280 e. The molecule has 0 aromatic heterocycles. The molecule has 106 valence electrons. The molecular formula is C15H31N3. The fraction of sp³-hybridized carbons (Fsp3) is 1.00. The highest BCUT2D eigenvalue weighted by molar-refractivity contribution is 4.92. The largest absolute Gasteiger partial charge is 0.310 e. The first-order chi connectivity index (χ1) is 8.63. The Balaban J connectivity index is 1.96. The van der Waals surface area contributed by atoms with Crippen LogP contribution < -0.4 is 5.32 Å². The molecule has 0 amide bonds. The van der Waals surface area contributed by atoms with Crippen molar-refractivity contribution in [1.29, 1.82) is 0 Å². The Labute approximate surface area is 113 Å². The van der Waals surface area contributed by atoms with Gasteiger partial charge in [-0.1, -0.05) is 13.3 Å². The third kappa shape index (κ3) is 3.69. The third-order valence-corrected chi connectivity index (χ3v) is 4.75. The van der Waals surface area contributed by atoms with Crippen LogP contribution in [0.3, 0.4) is 0 Å². The predicted molar refractivity (Wildman–Crippen MR) is 78.0 cm³/mol. The van der Waals surface area contributed by atoms with Crippen molar-refractivity contribution >= 4 is 0 Å². The van der Waals surface area contributed by atoms with Crippen molar-refractivity contribution in [2.45, 2.75) is 57.5 Å². The molecule has 3 nitrogen and oxygen atoms in total. The van der Waals surface area contributed by atoms with Gasteiger partial charge >= 0.3 is 0 Å². The van der Waals surface area contributed by atoms with Crippen LogP contribution >= 0.6 is 0 Å². The number of nitrogens with one attached hydrogen (secondary N) is 1. The van der Waals surface area contributed by atoms with Crippen LogP contribution in [-0.2, 0) is 0 Å². The molecule has 0 aromatic rings. The number of nitrogens with zero attached hydrogens (tertiary/aromatic N) is 2. The lowest BCUT2D eigenvalue weighted by Gasteiger charge is -2.41. The van der Waals surface area contributed by atoms with Crippen LogP contribution in [0, 0.1) is 0 Å². The minimum Gasteiger partial charge on any atom is -0.310 e. The highest BCUT2D eigenvalue weighted by Gasteiger charge is 2.32. The van der Waals surface area contributed by atoms with Crippen LogP contribution in [0.15, 0.2) is 0 Å². The normalized spacial score (nSPS) is 36.5. The van der Waals surface area contributed by atoms with Crippen molar-refractivity contribution in [3.63, 3.8) is 0 Å². The maximum atomic E-state index is 3.76. The monoisotopic (exact) mass is 253 g/mol. The highest BCUT2D eigenvalue weighted by atomic mass is 15.2. The van der Waals surface area contributed by atoms with E-state index in [1.54, 1.807) is 0 Å². The van der Waals surface area contributed by atoms with Gasteiger partial charge in [-0.25, -0.2) is 0 Å². The average Bonchev–Trinajstić information content (AvgIpc) is 2.51. The summed E-state index contributed by atoms with van der Waals surface area (Å²) < 4.78 is 0. The zero-order valence-electron chi connectivity index (χ0n) is 12.5. The lowest BCUT2D eigenvalue weighted by molar-refractivity contribution is 0.119. The van der Waals surface area contributed by atoms with Gasteiger partial charge in [0.25, 0.3) is 0 Å². The van der Waals surface area contributed by atoms with E-state index in [0.717, 1.165) is 6.04 Å². The maximum Gasteiger partial charge on any atom is 0.0280 e. The number of likely N-dealkylation sites (N-methyl/N-ethyl adjacent to an activating group) is 1. The van der Waals surface area contributed by atoms with E-state index in [9.17, 15) is 0 Å². The van der Waals surface area contributed by atoms with Crippen LogP contribution in [-0.4, -0.2) is 61.2 Å². The molecule has 2 aliphatic rings. The molecule has 2 aliphatic heterocycles. The molecule has 2 heterocycles. The summed E-state index contributed by atoms with van der Waals surface area (Å²) in [7, 11) is 2.27. The van der Waals surface area contributed by atoms with E-state index in [1.165, 1.54) is 64.8 Å². The van der Waals surface area contributed by atoms with Crippen LogP contribution in [0.2, 0.25) is 0 Å². The molecule has 2 saturated heterocycles. The average molecular weight is 253 g/mol. The summed E-state index contributed by atoms with van der Waals surface area (Å²) in [6.45, 7) is 11.0. The number of rotatable bonds is 3. The molecule has 2 rings (SSSR count). The van der Waals surface area contributed by atoms with Gasteiger partial charge in [0.1, 0.15) is 0 Å². The van der Waals surface area contributed by atoms with E-state index < -0.39 is 0 Å². The summed E-state index contributed by atoms with van der Waals surface area (Å²) >= 11 is 0. The fourth-order valence-corrected chi connectivity index (χ4v) is 3.59. The SMILES string of the molecule is CCC1CN(C)CCCN1CC1(C)CCCCN1. The first-order valence-corrected chi connectivity index (χ1v) is 7.80. The first kappa shape index (κ1) is 14.3. The minimum atomic E-state index is 0.356. The standard InChI is InChI=1S/C15H31N3/c1-4-14-12-17(3)10-7-11-18(14)13-15(2)8-5-6-9-16-15/h14,16H,4-13H2,1-3H3. The van der Waals surface area contributed by atoms with Gasteiger partial charge in [0.05, 0.1) is 0 Å². The Morgan fingerprint density at radius 2 is 2.06 bits per heavy atom. The zero-order chi connectivity index (χ0) is 13.0. The molecule has 0 aliphatic carbocycles. The predicted octanol–water partition coefficient (Wildman–Crippen LogP) is 1.93. The van der Waals surface area contributed by atoms with E-state index in [1.807, 2.05) is 0 Å². The first-order valence-electron chi connectivity index (χ1n) is 7.80. The minimum absolute atomic E-state index is 0.356. The Morgan fingerprint density at radius 3 is 2.72 bits per heavy atom. The zero-order valence-corrected chi connectivity index (χ0v) is 12.5. The molecule has 0 radical (unpaired) electrons. The summed E-state index contributed by atoms with van der Waals surface area (Å²) in [4.78, 5) is 5.26. The Bertz CT molecular complexity index is 248. The highest BCUT2D eigenvalue weighted by Crippen LogP contribution is 2.22. The van der Waals surface area contributed by atoms with Gasteiger partial charge in [0.2, 0.25) is 0 Å². The quantitative estimate of drug-likeness (QED) is 0.829. The van der Waals surface area contributed by atoms with E-state index >= 15 is 0 Å². The van der Waals surface area contributed by atoms with E-state index in [4.69, 9.17) is 0 Å². The molecule has 18 heavy (non-hydrogen) atoms. The summed E-state index contributed by atoms with van der Waals surface area (Å²) in [5.41, 5.74) is 0.356. The van der Waals surface area contributed by atoms with Crippen molar-refractivity contribution in [2.24, 2.45) is 0 Å². The molecule has 0 aromatic carbocycles. The topological polar surface area (TPSA) is 18.5 Å². The van der Waals surface area contributed by atoms with Gasteiger partial charge in [-0.15, -0.1) is 0 Å². The van der Waals surface area contributed by atoms with Gasteiger partial charge in [-0.3, -0.25) is 4.90 Å². The van der Waals surface area contributed by atoms with Crippen molar-refractivity contribution < 1.29 is 0 Å². The van der Waals surface area contributed by atoms with Crippen molar-refractivity contribution in [2.75, 3.05) is 39.8 Å². The number of piperidine rings is 1. The molecule has 0 spiro atoms. The van der Waals surface area contributed by atoms with E-state index in [0.29, 0.717) is 5.54 Å². The summed E-state index contributed by atoms with van der Waals surface area (Å²) in [5, 5.41) is 3.76. The van der Waals surface area contributed by atoms with Crippen LogP contribution in [0.4, 0.5) is 0 Å². The number of hydrogen-bond donors (Lipinski definition) is 1. The van der Waals surface area contributed by atoms with Gasteiger partial charge in [0.15, 0.2) is 0 Å². The Morgan fingerprint density at radius 1 is 1.22 bits per heavy atom. The molecule has 1 N–H and O–H groups in total. The van der Waals surface area contributed by atoms with Crippen molar-refractivity contribution in [1.82, 2.24) is 15.1 Å². The van der Waals surface area contributed by atoms with Gasteiger partial charge < -0.3 is 10.2 Å². The maximum absolute atomic E-state index is 3.76. The van der Waals surface area contributed by atoms with Gasteiger partial charge in [-0.05, 0) is 59.3 Å². The van der Waals surface area contributed by atoms with E-state index in [-0.39, 0.29) is 0 Å². The summed E-state index contributed by atoms with van der Waals surface area (Å²) in [5.74, 6) is 0. The van der Waals surface area contributed by atoms with Crippen LogP contribution in [0.1, 0.15) is 46.0 Å². The molecule has 0 saturated carbocycles. The molecule has 2 unspecified atom stereocenters.